The molecule has 3 rings (SSSR count). The molecule has 0 spiro atoms. The number of urea groups is 1. The van der Waals surface area contributed by atoms with Crippen molar-refractivity contribution in [3.05, 3.63) is 22.5 Å². The second kappa shape index (κ2) is 6.19. The number of rotatable bonds is 3. The third-order valence-corrected chi connectivity index (χ3v) is 3.85. The number of aromatic nitrogens is 4. The second-order valence-electron chi connectivity index (χ2n) is 5.48. The predicted octanol–water partition coefficient (Wildman–Crippen LogP) is -2.02. The molecule has 2 aromatic rings. The van der Waals surface area contributed by atoms with Gasteiger partial charge < -0.3 is 30.6 Å². The van der Waals surface area contributed by atoms with E-state index < -0.39 is 36.1 Å². The average molecular weight is 338 g/mol. The molecule has 0 aliphatic carbocycles. The largest absolute Gasteiger partial charge is 0.387 e. The maximum absolute atomic E-state index is 11.9. The average Bonchev–Trinajstić information content (AvgIpc) is 3.08. The Labute approximate surface area is 135 Å². The quantitative estimate of drug-likeness (QED) is 0.432. The van der Waals surface area contributed by atoms with Crippen molar-refractivity contribution in [1.82, 2.24) is 30.2 Å². The van der Waals surface area contributed by atoms with Crippen molar-refractivity contribution in [2.24, 2.45) is 0 Å². The molecule has 1 saturated heterocycles. The van der Waals surface area contributed by atoms with Crippen LogP contribution in [0.15, 0.2) is 11.1 Å². The molecular weight excluding hydrogens is 320 g/mol. The van der Waals surface area contributed by atoms with E-state index in [1.165, 1.54) is 17.9 Å². The van der Waals surface area contributed by atoms with E-state index in [4.69, 9.17) is 4.74 Å². The molecule has 11 nitrogen and oxygen atoms in total. The SMILES string of the molecule is CNC(=O)NC[C@H]1O[C@@H](n2cnc3c(=O)[nH]c(C)nc32)[C@@H](O)C1O. The molecule has 1 fully saturated rings. The summed E-state index contributed by atoms with van der Waals surface area (Å²) < 4.78 is 7.04. The number of hydrogen-bond acceptors (Lipinski definition) is 7. The number of ether oxygens (including phenoxy) is 1. The number of imidazole rings is 1. The number of fused-ring (bicyclic) bond motifs is 1. The number of nitrogens with zero attached hydrogens (tertiary/aromatic N) is 3. The molecule has 0 radical (unpaired) electrons. The van der Waals surface area contributed by atoms with Crippen molar-refractivity contribution in [3.63, 3.8) is 0 Å². The third kappa shape index (κ3) is 2.72. The Hall–Kier alpha value is -2.50. The number of aliphatic hydroxyl groups is 2. The van der Waals surface area contributed by atoms with Gasteiger partial charge in [-0.3, -0.25) is 9.36 Å². The molecular formula is C13H18N6O5. The zero-order chi connectivity index (χ0) is 17.4. The molecule has 2 aromatic heterocycles. The van der Waals surface area contributed by atoms with Crippen LogP contribution in [0.1, 0.15) is 12.1 Å². The van der Waals surface area contributed by atoms with E-state index in [-0.39, 0.29) is 17.7 Å². The van der Waals surface area contributed by atoms with E-state index in [9.17, 15) is 19.8 Å². The van der Waals surface area contributed by atoms with Gasteiger partial charge in [0.15, 0.2) is 17.4 Å². The van der Waals surface area contributed by atoms with Crippen molar-refractivity contribution in [2.45, 2.75) is 31.5 Å². The first-order valence-corrected chi connectivity index (χ1v) is 7.33. The molecule has 1 unspecified atom stereocenters. The van der Waals surface area contributed by atoms with Crippen LogP contribution in [-0.2, 0) is 4.74 Å². The molecule has 24 heavy (non-hydrogen) atoms. The third-order valence-electron chi connectivity index (χ3n) is 3.85. The van der Waals surface area contributed by atoms with E-state index in [1.54, 1.807) is 6.92 Å². The molecule has 3 heterocycles. The van der Waals surface area contributed by atoms with Crippen LogP contribution in [0.3, 0.4) is 0 Å². The maximum Gasteiger partial charge on any atom is 0.314 e. The Morgan fingerprint density at radius 3 is 2.92 bits per heavy atom. The fourth-order valence-electron chi connectivity index (χ4n) is 2.63. The van der Waals surface area contributed by atoms with Crippen LogP contribution in [0.2, 0.25) is 0 Å². The molecule has 4 atom stereocenters. The summed E-state index contributed by atoms with van der Waals surface area (Å²) in [6, 6.07) is -0.430. The summed E-state index contributed by atoms with van der Waals surface area (Å²) in [7, 11) is 1.46. The predicted molar refractivity (Wildman–Crippen MR) is 81.3 cm³/mol. The number of carbonyl (C=O) groups is 1. The van der Waals surface area contributed by atoms with Gasteiger partial charge in [0.1, 0.15) is 24.1 Å². The number of aryl methyl sites for hydroxylation is 1. The number of hydrogen-bond donors (Lipinski definition) is 5. The van der Waals surface area contributed by atoms with Crippen molar-refractivity contribution in [2.75, 3.05) is 13.6 Å². The fourth-order valence-corrected chi connectivity index (χ4v) is 2.63. The van der Waals surface area contributed by atoms with Crippen LogP contribution in [0.5, 0.6) is 0 Å². The monoisotopic (exact) mass is 338 g/mol. The van der Waals surface area contributed by atoms with Gasteiger partial charge in [0.2, 0.25) is 0 Å². The Kier molecular flexibility index (Phi) is 4.22. The van der Waals surface area contributed by atoms with Crippen LogP contribution in [0.4, 0.5) is 4.79 Å². The minimum absolute atomic E-state index is 0.00801. The van der Waals surface area contributed by atoms with Crippen LogP contribution < -0.4 is 16.2 Å². The summed E-state index contributed by atoms with van der Waals surface area (Å²) in [5.74, 6) is 0.389. The van der Waals surface area contributed by atoms with Gasteiger partial charge >= 0.3 is 6.03 Å². The summed E-state index contributed by atoms with van der Waals surface area (Å²) in [4.78, 5) is 33.8. The Morgan fingerprint density at radius 1 is 1.46 bits per heavy atom. The maximum atomic E-state index is 11.9. The molecule has 0 saturated carbocycles. The van der Waals surface area contributed by atoms with Gasteiger partial charge in [-0.2, -0.15) is 0 Å². The van der Waals surface area contributed by atoms with Crippen molar-refractivity contribution in [3.8, 4) is 0 Å². The zero-order valence-corrected chi connectivity index (χ0v) is 13.1. The minimum Gasteiger partial charge on any atom is -0.387 e. The van der Waals surface area contributed by atoms with Gasteiger partial charge in [0, 0.05) is 13.6 Å². The van der Waals surface area contributed by atoms with E-state index in [0.717, 1.165) is 0 Å². The summed E-state index contributed by atoms with van der Waals surface area (Å²) in [6.07, 6.45) is -2.95. The fraction of sp³-hybridized carbons (Fsp3) is 0.538. The highest BCUT2D eigenvalue weighted by molar-refractivity contribution is 5.73. The molecule has 0 bridgehead atoms. The summed E-state index contributed by atoms with van der Waals surface area (Å²) in [5.41, 5.74) is -0.0487. The van der Waals surface area contributed by atoms with Crippen LogP contribution in [0.25, 0.3) is 11.2 Å². The van der Waals surface area contributed by atoms with Crippen molar-refractivity contribution < 1.29 is 19.7 Å². The first-order valence-electron chi connectivity index (χ1n) is 7.33. The molecule has 0 aromatic carbocycles. The minimum atomic E-state index is -1.26. The number of H-pyrrole nitrogens is 1. The molecule has 1 aliphatic rings. The molecule has 130 valence electrons. The summed E-state index contributed by atoms with van der Waals surface area (Å²) >= 11 is 0. The summed E-state index contributed by atoms with van der Waals surface area (Å²) in [5, 5.41) is 25.3. The lowest BCUT2D eigenvalue weighted by Gasteiger charge is -2.16. The van der Waals surface area contributed by atoms with Gasteiger partial charge in [-0.1, -0.05) is 0 Å². The van der Waals surface area contributed by atoms with Gasteiger partial charge in [-0.25, -0.2) is 14.8 Å². The van der Waals surface area contributed by atoms with Crippen molar-refractivity contribution in [1.29, 1.82) is 0 Å². The van der Waals surface area contributed by atoms with Gasteiger partial charge in [-0.05, 0) is 6.92 Å². The topological polar surface area (TPSA) is 154 Å². The number of aliphatic hydroxyl groups excluding tert-OH is 2. The van der Waals surface area contributed by atoms with Gasteiger partial charge in [-0.15, -0.1) is 0 Å². The molecule has 5 N–H and O–H groups in total. The molecule has 2 amide bonds. The lowest BCUT2D eigenvalue weighted by atomic mass is 10.1. The Balaban J connectivity index is 1.87. The second-order valence-corrected chi connectivity index (χ2v) is 5.48. The van der Waals surface area contributed by atoms with Crippen LogP contribution in [0, 0.1) is 6.92 Å². The number of nitrogens with one attached hydrogen (secondary N) is 3. The number of aromatic amines is 1. The van der Waals surface area contributed by atoms with Crippen LogP contribution in [-0.4, -0.2) is 67.7 Å². The number of carbonyl (C=O) groups excluding carboxylic acids is 1. The van der Waals surface area contributed by atoms with Gasteiger partial charge in [0.25, 0.3) is 5.56 Å². The van der Waals surface area contributed by atoms with Gasteiger partial charge in [0.05, 0.1) is 6.33 Å². The standard InChI is InChI=1S/C13H18N6O5/c1-5-17-10-7(11(22)18-5)16-4-19(10)12-9(21)8(20)6(24-12)3-15-13(23)14-2/h4,6,8-9,12,20-21H,3H2,1-2H3,(H2,14,15,23)(H,17,18,22)/t6-,8?,9+,12-/m1/s1. The van der Waals surface area contributed by atoms with E-state index in [1.807, 2.05) is 0 Å². The van der Waals surface area contributed by atoms with Crippen molar-refractivity contribution >= 4 is 17.2 Å². The highest BCUT2D eigenvalue weighted by atomic mass is 16.6. The molecule has 11 heteroatoms. The first-order chi connectivity index (χ1) is 11.4. The van der Waals surface area contributed by atoms with E-state index in [2.05, 4.69) is 25.6 Å². The highest BCUT2D eigenvalue weighted by Crippen LogP contribution is 2.30. The molecule has 1 aliphatic heterocycles. The normalized spacial score (nSPS) is 26.7. The Bertz CT molecular complexity index is 817. The Morgan fingerprint density at radius 2 is 2.21 bits per heavy atom. The summed E-state index contributed by atoms with van der Waals surface area (Å²) in [6.45, 7) is 1.63. The zero-order valence-electron chi connectivity index (χ0n) is 13.1. The highest BCUT2D eigenvalue weighted by Gasteiger charge is 2.44. The number of amides is 2. The lowest BCUT2D eigenvalue weighted by Crippen LogP contribution is -2.42. The van der Waals surface area contributed by atoms with Crippen LogP contribution >= 0.6 is 0 Å². The van der Waals surface area contributed by atoms with E-state index >= 15 is 0 Å². The van der Waals surface area contributed by atoms with E-state index in [0.29, 0.717) is 5.82 Å². The first kappa shape index (κ1) is 16.4. The smallest absolute Gasteiger partial charge is 0.314 e. The lowest BCUT2D eigenvalue weighted by molar-refractivity contribution is -0.0335.